The van der Waals surface area contributed by atoms with Crippen molar-refractivity contribution < 1.29 is 4.74 Å². The third kappa shape index (κ3) is 3.67. The lowest BCUT2D eigenvalue weighted by Crippen LogP contribution is -2.13. The average molecular weight is 206 g/mol. The lowest BCUT2D eigenvalue weighted by Gasteiger charge is -2.20. The first-order valence-electron chi connectivity index (χ1n) is 5.55. The molecule has 0 spiro atoms. The van der Waals surface area contributed by atoms with Crippen LogP contribution in [0, 0.1) is 0 Å². The smallest absolute Gasteiger partial charge is 0.0583 e. The Morgan fingerprint density at radius 1 is 1.27 bits per heavy atom. The zero-order chi connectivity index (χ0) is 11.5. The molecule has 0 aromatic heterocycles. The van der Waals surface area contributed by atoms with Crippen LogP contribution in [0.2, 0.25) is 0 Å². The molecule has 0 aliphatic rings. The molecule has 1 unspecified atom stereocenters. The van der Waals surface area contributed by atoms with Crippen molar-refractivity contribution in [1.82, 2.24) is 0 Å². The molecule has 0 aliphatic carbocycles. The molecule has 0 N–H and O–H groups in total. The Morgan fingerprint density at radius 2 is 1.93 bits per heavy atom. The van der Waals surface area contributed by atoms with E-state index in [9.17, 15) is 0 Å². The first-order chi connectivity index (χ1) is 6.93. The molecule has 1 atom stereocenters. The first kappa shape index (κ1) is 12.3. The SMILES string of the molecule is COC(C)Cc1cccc(C(C)(C)C)c1. The van der Waals surface area contributed by atoms with Gasteiger partial charge in [0.05, 0.1) is 6.10 Å². The summed E-state index contributed by atoms with van der Waals surface area (Å²) in [5, 5.41) is 0. The molecule has 1 nitrogen and oxygen atoms in total. The maximum absolute atomic E-state index is 5.28. The molecular formula is C14H22O. The normalized spacial score (nSPS) is 13.9. The third-order valence-corrected chi connectivity index (χ3v) is 2.72. The number of ether oxygens (including phenoxy) is 1. The number of benzene rings is 1. The molecule has 0 amide bonds. The van der Waals surface area contributed by atoms with Crippen LogP contribution in [0.5, 0.6) is 0 Å². The van der Waals surface area contributed by atoms with Gasteiger partial charge in [0.2, 0.25) is 0 Å². The van der Waals surface area contributed by atoms with Gasteiger partial charge in [-0.25, -0.2) is 0 Å². The van der Waals surface area contributed by atoms with Gasteiger partial charge < -0.3 is 4.74 Å². The summed E-state index contributed by atoms with van der Waals surface area (Å²) in [5.74, 6) is 0. The molecule has 0 heterocycles. The minimum atomic E-state index is 0.228. The number of hydrogen-bond donors (Lipinski definition) is 0. The second-order valence-corrected chi connectivity index (χ2v) is 5.20. The Labute approximate surface area is 93.5 Å². The molecule has 0 radical (unpaired) electrons. The maximum atomic E-state index is 5.28. The Balaban J connectivity index is 2.84. The van der Waals surface area contributed by atoms with E-state index < -0.39 is 0 Å². The lowest BCUT2D eigenvalue weighted by molar-refractivity contribution is 0.119. The van der Waals surface area contributed by atoms with Gasteiger partial charge in [-0.2, -0.15) is 0 Å². The predicted molar refractivity (Wildman–Crippen MR) is 65.3 cm³/mol. The highest BCUT2D eigenvalue weighted by molar-refractivity contribution is 5.28. The van der Waals surface area contributed by atoms with E-state index in [0.717, 1.165) is 6.42 Å². The minimum Gasteiger partial charge on any atom is -0.381 e. The van der Waals surface area contributed by atoms with E-state index in [0.29, 0.717) is 6.10 Å². The third-order valence-electron chi connectivity index (χ3n) is 2.72. The summed E-state index contributed by atoms with van der Waals surface area (Å²) in [6.45, 7) is 8.83. The quantitative estimate of drug-likeness (QED) is 0.734. The van der Waals surface area contributed by atoms with Crippen molar-refractivity contribution >= 4 is 0 Å². The number of methoxy groups -OCH3 is 1. The summed E-state index contributed by atoms with van der Waals surface area (Å²) < 4.78 is 5.28. The highest BCUT2D eigenvalue weighted by Gasteiger charge is 2.13. The summed E-state index contributed by atoms with van der Waals surface area (Å²) in [4.78, 5) is 0. The monoisotopic (exact) mass is 206 g/mol. The molecule has 1 aromatic carbocycles. The molecular weight excluding hydrogens is 184 g/mol. The van der Waals surface area contributed by atoms with E-state index in [4.69, 9.17) is 4.74 Å². The van der Waals surface area contributed by atoms with Gasteiger partial charge >= 0.3 is 0 Å². The fraction of sp³-hybridized carbons (Fsp3) is 0.571. The summed E-state index contributed by atoms with van der Waals surface area (Å²) in [6, 6.07) is 8.79. The number of hydrogen-bond acceptors (Lipinski definition) is 1. The van der Waals surface area contributed by atoms with Crippen molar-refractivity contribution in [3.63, 3.8) is 0 Å². The fourth-order valence-electron chi connectivity index (χ4n) is 1.58. The molecule has 1 aromatic rings. The Hall–Kier alpha value is -0.820. The van der Waals surface area contributed by atoms with Gasteiger partial charge in [-0.1, -0.05) is 45.0 Å². The van der Waals surface area contributed by atoms with Crippen LogP contribution in [-0.4, -0.2) is 13.2 Å². The van der Waals surface area contributed by atoms with Crippen LogP contribution in [0.15, 0.2) is 24.3 Å². The fourth-order valence-corrected chi connectivity index (χ4v) is 1.58. The van der Waals surface area contributed by atoms with Crippen LogP contribution in [0.25, 0.3) is 0 Å². The van der Waals surface area contributed by atoms with Crippen LogP contribution in [-0.2, 0) is 16.6 Å². The van der Waals surface area contributed by atoms with Gasteiger partial charge in [-0.15, -0.1) is 0 Å². The highest BCUT2D eigenvalue weighted by atomic mass is 16.5. The van der Waals surface area contributed by atoms with E-state index >= 15 is 0 Å². The zero-order valence-electron chi connectivity index (χ0n) is 10.5. The van der Waals surface area contributed by atoms with E-state index in [-0.39, 0.29) is 5.41 Å². The van der Waals surface area contributed by atoms with Crippen molar-refractivity contribution in [3.8, 4) is 0 Å². The van der Waals surface area contributed by atoms with Gasteiger partial charge in [0, 0.05) is 7.11 Å². The predicted octanol–water partition coefficient (Wildman–Crippen LogP) is 3.56. The molecule has 15 heavy (non-hydrogen) atoms. The van der Waals surface area contributed by atoms with Crippen molar-refractivity contribution in [2.75, 3.05) is 7.11 Å². The van der Waals surface area contributed by atoms with Gasteiger partial charge in [0.1, 0.15) is 0 Å². The molecule has 84 valence electrons. The molecule has 0 aliphatic heterocycles. The second-order valence-electron chi connectivity index (χ2n) is 5.20. The van der Waals surface area contributed by atoms with E-state index in [1.165, 1.54) is 11.1 Å². The van der Waals surface area contributed by atoms with Crippen LogP contribution in [0.1, 0.15) is 38.8 Å². The largest absolute Gasteiger partial charge is 0.381 e. The number of rotatable bonds is 3. The van der Waals surface area contributed by atoms with Crippen molar-refractivity contribution in [2.24, 2.45) is 0 Å². The first-order valence-corrected chi connectivity index (χ1v) is 5.55. The van der Waals surface area contributed by atoms with Gasteiger partial charge in [0.15, 0.2) is 0 Å². The van der Waals surface area contributed by atoms with Crippen LogP contribution in [0.3, 0.4) is 0 Å². The summed E-state index contributed by atoms with van der Waals surface area (Å²) in [5.41, 5.74) is 2.98. The topological polar surface area (TPSA) is 9.23 Å². The Bertz CT molecular complexity index is 309. The molecule has 0 saturated carbocycles. The van der Waals surface area contributed by atoms with Crippen molar-refractivity contribution in [1.29, 1.82) is 0 Å². The molecule has 1 rings (SSSR count). The lowest BCUT2D eigenvalue weighted by atomic mass is 9.86. The van der Waals surface area contributed by atoms with Crippen LogP contribution in [0.4, 0.5) is 0 Å². The van der Waals surface area contributed by atoms with Gasteiger partial charge in [0.25, 0.3) is 0 Å². The van der Waals surface area contributed by atoms with Crippen LogP contribution >= 0.6 is 0 Å². The van der Waals surface area contributed by atoms with E-state index in [1.54, 1.807) is 7.11 Å². The Kier molecular flexibility index (Phi) is 3.92. The maximum Gasteiger partial charge on any atom is 0.0583 e. The van der Waals surface area contributed by atoms with E-state index in [2.05, 4.69) is 52.0 Å². The molecule has 1 heteroatoms. The van der Waals surface area contributed by atoms with Gasteiger partial charge in [-0.3, -0.25) is 0 Å². The minimum absolute atomic E-state index is 0.228. The van der Waals surface area contributed by atoms with E-state index in [1.807, 2.05) is 0 Å². The van der Waals surface area contributed by atoms with Crippen molar-refractivity contribution in [2.45, 2.75) is 45.6 Å². The summed E-state index contributed by atoms with van der Waals surface area (Å²) >= 11 is 0. The zero-order valence-corrected chi connectivity index (χ0v) is 10.5. The standard InChI is InChI=1S/C14H22O/c1-11(15-5)9-12-7-6-8-13(10-12)14(2,3)4/h6-8,10-11H,9H2,1-5H3. The summed E-state index contributed by atoms with van der Waals surface area (Å²) in [7, 11) is 1.76. The van der Waals surface area contributed by atoms with Crippen LogP contribution < -0.4 is 0 Å². The molecule has 0 saturated heterocycles. The summed E-state index contributed by atoms with van der Waals surface area (Å²) in [6.07, 6.45) is 1.28. The Morgan fingerprint density at radius 3 is 2.47 bits per heavy atom. The average Bonchev–Trinajstić information content (AvgIpc) is 2.17. The second kappa shape index (κ2) is 4.80. The van der Waals surface area contributed by atoms with Crippen molar-refractivity contribution in [3.05, 3.63) is 35.4 Å². The highest BCUT2D eigenvalue weighted by Crippen LogP contribution is 2.23. The van der Waals surface area contributed by atoms with Gasteiger partial charge in [-0.05, 0) is 29.9 Å². The molecule has 0 bridgehead atoms. The molecule has 0 fully saturated rings.